The lowest BCUT2D eigenvalue weighted by Crippen LogP contribution is -2.18. The van der Waals surface area contributed by atoms with Gasteiger partial charge < -0.3 is 14.6 Å². The Labute approximate surface area is 231 Å². The molecule has 0 radical (unpaired) electrons. The van der Waals surface area contributed by atoms with E-state index in [1.54, 1.807) is 7.11 Å². The summed E-state index contributed by atoms with van der Waals surface area (Å²) in [7, 11) is 1.60. The normalized spacial score (nSPS) is 11.3. The number of hydrogen-bond donors (Lipinski definition) is 1. The first-order valence-corrected chi connectivity index (χ1v) is 12.2. The van der Waals surface area contributed by atoms with Crippen LogP contribution in [0.2, 0.25) is 0 Å². The Kier molecular flexibility index (Phi) is 7.43. The molecule has 41 heavy (non-hydrogen) atoms. The predicted molar refractivity (Wildman–Crippen MR) is 141 cm³/mol. The lowest BCUT2D eigenvalue weighted by molar-refractivity contribution is -0.143. The van der Waals surface area contributed by atoms with E-state index in [2.05, 4.69) is 10.1 Å². The van der Waals surface area contributed by atoms with Crippen molar-refractivity contribution in [2.75, 3.05) is 7.11 Å². The zero-order chi connectivity index (χ0) is 29.1. The summed E-state index contributed by atoms with van der Waals surface area (Å²) in [5.41, 5.74) is 0.621. The van der Waals surface area contributed by atoms with E-state index in [4.69, 9.17) is 9.47 Å². The second-order valence-corrected chi connectivity index (χ2v) is 8.86. The molecule has 0 amide bonds. The Balaban J connectivity index is 1.41. The summed E-state index contributed by atoms with van der Waals surface area (Å²) in [4.78, 5) is 15.6. The number of ether oxygens (including phenoxy) is 2. The third kappa shape index (κ3) is 5.88. The quantitative estimate of drug-likeness (QED) is 0.204. The van der Waals surface area contributed by atoms with Crippen molar-refractivity contribution in [3.63, 3.8) is 0 Å². The van der Waals surface area contributed by atoms with Crippen LogP contribution in [0.4, 0.5) is 17.6 Å². The molecule has 0 aliphatic rings. The van der Waals surface area contributed by atoms with Crippen LogP contribution < -0.4 is 9.47 Å². The average molecular weight is 564 g/mol. The first kappa shape index (κ1) is 27.4. The molecule has 0 saturated heterocycles. The number of rotatable bonds is 8. The van der Waals surface area contributed by atoms with Crippen LogP contribution in [-0.2, 0) is 12.8 Å². The number of alkyl halides is 3. The summed E-state index contributed by atoms with van der Waals surface area (Å²) in [5, 5.41) is 12.8. The highest BCUT2D eigenvalue weighted by Gasteiger charge is 2.41. The van der Waals surface area contributed by atoms with Gasteiger partial charge in [-0.25, -0.2) is 18.9 Å². The van der Waals surface area contributed by atoms with Crippen molar-refractivity contribution in [1.82, 2.24) is 14.8 Å². The third-order valence-electron chi connectivity index (χ3n) is 6.21. The van der Waals surface area contributed by atoms with Gasteiger partial charge in [-0.3, -0.25) is 0 Å². The van der Waals surface area contributed by atoms with Crippen LogP contribution in [0.1, 0.15) is 21.6 Å². The van der Waals surface area contributed by atoms with Crippen molar-refractivity contribution in [2.45, 2.75) is 12.8 Å². The van der Waals surface area contributed by atoms with Gasteiger partial charge in [-0.15, -0.1) is 0 Å². The molecule has 0 atom stereocenters. The van der Waals surface area contributed by atoms with E-state index in [1.165, 1.54) is 30.3 Å². The molecule has 208 valence electrons. The number of carboxylic acid groups (broad SMARTS) is 1. The Morgan fingerprint density at radius 1 is 0.951 bits per heavy atom. The molecule has 0 aliphatic carbocycles. The molecule has 7 nitrogen and oxygen atoms in total. The number of nitrogens with zero attached hydrogens (tertiary/aromatic N) is 3. The minimum atomic E-state index is -5.02. The Morgan fingerprint density at radius 2 is 1.63 bits per heavy atom. The molecule has 5 aromatic rings. The van der Waals surface area contributed by atoms with Crippen LogP contribution in [0.15, 0.2) is 91.1 Å². The predicted octanol–water partition coefficient (Wildman–Crippen LogP) is 7.05. The van der Waals surface area contributed by atoms with E-state index in [-0.39, 0.29) is 29.4 Å². The molecule has 11 heteroatoms. The third-order valence-corrected chi connectivity index (χ3v) is 6.21. The van der Waals surface area contributed by atoms with Crippen molar-refractivity contribution in [3.8, 4) is 39.7 Å². The first-order valence-electron chi connectivity index (χ1n) is 12.2. The molecular weight excluding hydrogens is 542 g/mol. The molecule has 2 heterocycles. The van der Waals surface area contributed by atoms with Gasteiger partial charge in [0, 0.05) is 5.56 Å². The number of benzene rings is 3. The zero-order valence-electron chi connectivity index (χ0n) is 21.4. The van der Waals surface area contributed by atoms with Gasteiger partial charge >= 0.3 is 12.1 Å². The highest BCUT2D eigenvalue weighted by molar-refractivity contribution is 5.89. The molecule has 3 aromatic carbocycles. The molecule has 0 aliphatic heterocycles. The van der Waals surface area contributed by atoms with Crippen LogP contribution in [0.25, 0.3) is 28.2 Å². The van der Waals surface area contributed by atoms with Crippen molar-refractivity contribution in [1.29, 1.82) is 0 Å². The minimum absolute atomic E-state index is 0.104. The Morgan fingerprint density at radius 3 is 2.27 bits per heavy atom. The molecule has 2 aromatic heterocycles. The van der Waals surface area contributed by atoms with E-state index in [0.717, 1.165) is 28.5 Å². The van der Waals surface area contributed by atoms with Crippen molar-refractivity contribution >= 4 is 5.97 Å². The van der Waals surface area contributed by atoms with E-state index in [9.17, 15) is 27.5 Å². The number of methoxy groups -OCH3 is 1. The number of carbonyl (C=O) groups is 1. The molecule has 0 saturated carbocycles. The summed E-state index contributed by atoms with van der Waals surface area (Å²) in [6.07, 6.45) is -4.41. The Hall–Kier alpha value is -5.19. The molecule has 0 unspecified atom stereocenters. The zero-order valence-corrected chi connectivity index (χ0v) is 21.4. The lowest BCUT2D eigenvalue weighted by Gasteiger charge is -2.14. The molecule has 5 rings (SSSR count). The van der Waals surface area contributed by atoms with Gasteiger partial charge in [-0.2, -0.15) is 18.3 Å². The smallest absolute Gasteiger partial charge is 0.434 e. The number of carboxylic acids is 1. The van der Waals surface area contributed by atoms with Gasteiger partial charge in [0.25, 0.3) is 0 Å². The number of pyridine rings is 1. The van der Waals surface area contributed by atoms with Crippen LogP contribution in [0, 0.1) is 5.82 Å². The fraction of sp³-hybridized carbons (Fsp3) is 0.100. The average Bonchev–Trinajstić information content (AvgIpc) is 3.44. The van der Waals surface area contributed by atoms with Crippen LogP contribution >= 0.6 is 0 Å². The van der Waals surface area contributed by atoms with Gasteiger partial charge in [0.05, 0.1) is 19.0 Å². The van der Waals surface area contributed by atoms with Gasteiger partial charge in [0.15, 0.2) is 11.5 Å². The van der Waals surface area contributed by atoms with E-state index >= 15 is 0 Å². The highest BCUT2D eigenvalue weighted by atomic mass is 19.4. The number of hydrogen-bond acceptors (Lipinski definition) is 5. The summed E-state index contributed by atoms with van der Waals surface area (Å²) >= 11 is 0. The van der Waals surface area contributed by atoms with E-state index in [0.29, 0.717) is 10.9 Å². The van der Waals surface area contributed by atoms with Crippen molar-refractivity contribution < 1.29 is 36.9 Å². The highest BCUT2D eigenvalue weighted by Crippen LogP contribution is 2.35. The van der Waals surface area contributed by atoms with Gasteiger partial charge in [0.1, 0.15) is 29.5 Å². The molecular formula is C30H21F4N3O4. The fourth-order valence-corrected chi connectivity index (χ4v) is 4.21. The van der Waals surface area contributed by atoms with Crippen LogP contribution in [-0.4, -0.2) is 33.0 Å². The minimum Gasteiger partial charge on any atom is -0.497 e. The maximum absolute atomic E-state index is 14.3. The van der Waals surface area contributed by atoms with E-state index in [1.807, 2.05) is 48.5 Å². The largest absolute Gasteiger partial charge is 0.497 e. The van der Waals surface area contributed by atoms with Gasteiger partial charge in [-0.1, -0.05) is 42.5 Å². The Bertz CT molecular complexity index is 1700. The topological polar surface area (TPSA) is 86.5 Å². The number of aromatic nitrogens is 3. The van der Waals surface area contributed by atoms with Crippen LogP contribution in [0.3, 0.4) is 0 Å². The summed E-state index contributed by atoms with van der Waals surface area (Å²) in [6.45, 7) is 0.126. The molecule has 1 N–H and O–H groups in total. The van der Waals surface area contributed by atoms with Crippen LogP contribution in [0.5, 0.6) is 11.5 Å². The number of halogens is 4. The molecule has 0 spiro atoms. The van der Waals surface area contributed by atoms with Crippen molar-refractivity contribution in [2.24, 2.45) is 0 Å². The maximum Gasteiger partial charge on any atom is 0.434 e. The second-order valence-electron chi connectivity index (χ2n) is 8.86. The SMILES string of the molecule is COc1ccc(-c2ccc(COc3ccc(F)cc3-c3cccc(-n4ncc(C(=O)O)c4C(F)(F)F)n3)cc2)cc1. The molecule has 0 bridgehead atoms. The summed E-state index contributed by atoms with van der Waals surface area (Å²) in [6, 6.07) is 23.2. The lowest BCUT2D eigenvalue weighted by atomic mass is 10.0. The monoisotopic (exact) mass is 563 g/mol. The van der Waals surface area contributed by atoms with E-state index < -0.39 is 29.2 Å². The summed E-state index contributed by atoms with van der Waals surface area (Å²) in [5.74, 6) is -1.68. The van der Waals surface area contributed by atoms with Crippen molar-refractivity contribution in [3.05, 3.63) is 114 Å². The second kappa shape index (κ2) is 11.1. The molecule has 0 fully saturated rings. The van der Waals surface area contributed by atoms with Gasteiger partial charge in [-0.05, 0) is 59.2 Å². The fourth-order valence-electron chi connectivity index (χ4n) is 4.21. The summed E-state index contributed by atoms with van der Waals surface area (Å²) < 4.78 is 67.0. The van der Waals surface area contributed by atoms with Gasteiger partial charge in [0.2, 0.25) is 0 Å². The standard InChI is InChI=1S/C30H21F4N3O4/c1-40-22-12-9-20(10-13-22)19-7-5-18(6-8-19)17-41-26-14-11-21(31)15-23(26)25-3-2-4-27(36-25)37-28(30(32,33)34)24(16-35-37)29(38)39/h2-16H,17H2,1H3,(H,38,39). The first-order chi connectivity index (χ1) is 19.6. The number of aromatic carboxylic acids is 1. The maximum atomic E-state index is 14.3.